The molecule has 1 N–H and O–H groups in total. The van der Waals surface area contributed by atoms with Gasteiger partial charge in [0, 0.05) is 35.8 Å². The molecule has 1 aromatic rings. The maximum absolute atomic E-state index is 12.8. The Morgan fingerprint density at radius 1 is 1.32 bits per heavy atom. The quantitative estimate of drug-likeness (QED) is 0.927. The molecule has 2 heterocycles. The van der Waals surface area contributed by atoms with Crippen molar-refractivity contribution in [2.45, 2.75) is 43.6 Å². The number of aromatic nitrogens is 1. The molecule has 3 aliphatic rings. The van der Waals surface area contributed by atoms with Gasteiger partial charge < -0.3 is 10.0 Å². The lowest BCUT2D eigenvalue weighted by Crippen LogP contribution is -2.57. The Labute approximate surface area is 129 Å². The number of likely N-dealkylation sites (tertiary alicyclic amines) is 1. The maximum atomic E-state index is 12.8. The van der Waals surface area contributed by atoms with Crippen molar-refractivity contribution in [1.29, 1.82) is 0 Å². The first kappa shape index (κ1) is 13.7. The molecule has 1 amide bonds. The number of rotatable bonds is 3. The van der Waals surface area contributed by atoms with Crippen LogP contribution in [0.5, 0.6) is 0 Å². The molecule has 116 valence electrons. The molecule has 0 radical (unpaired) electrons. The summed E-state index contributed by atoms with van der Waals surface area (Å²) in [5.74, 6) is -0.464. The van der Waals surface area contributed by atoms with Crippen molar-refractivity contribution < 1.29 is 14.7 Å². The first-order valence-corrected chi connectivity index (χ1v) is 8.06. The van der Waals surface area contributed by atoms with Crippen LogP contribution in [-0.4, -0.2) is 39.0 Å². The van der Waals surface area contributed by atoms with Gasteiger partial charge in [0.05, 0.1) is 5.92 Å². The number of aliphatic carboxylic acids is 1. The number of carbonyl (C=O) groups excluding carboxylic acids is 1. The average molecular weight is 300 g/mol. The molecule has 2 saturated carbocycles. The molecular weight excluding hydrogens is 280 g/mol. The molecular formula is C17H20N2O3. The number of nitrogens with zero attached hydrogens (tertiary/aromatic N) is 2. The summed E-state index contributed by atoms with van der Waals surface area (Å²) >= 11 is 0. The number of carboxylic acid groups (broad SMARTS) is 1. The van der Waals surface area contributed by atoms with Gasteiger partial charge in [-0.1, -0.05) is 6.07 Å². The average Bonchev–Trinajstić information content (AvgIpc) is 3.16. The predicted octanol–water partition coefficient (Wildman–Crippen LogP) is 2.04. The summed E-state index contributed by atoms with van der Waals surface area (Å²) < 4.78 is 0. The van der Waals surface area contributed by atoms with Gasteiger partial charge in [-0.3, -0.25) is 14.6 Å². The lowest BCUT2D eigenvalue weighted by molar-refractivity contribution is -0.156. The maximum Gasteiger partial charge on any atom is 0.306 e. The SMILES string of the molecule is O=C(O)C1CC2(CCCN2C(=O)[C@@H]2C[C@H]2c2ccccn2)C1. The second kappa shape index (κ2) is 4.80. The van der Waals surface area contributed by atoms with Crippen LogP contribution in [-0.2, 0) is 9.59 Å². The minimum absolute atomic E-state index is 0.0498. The van der Waals surface area contributed by atoms with Crippen LogP contribution in [0.25, 0.3) is 0 Å². The fraction of sp³-hybridized carbons (Fsp3) is 0.588. The molecule has 0 aromatic carbocycles. The summed E-state index contributed by atoms with van der Waals surface area (Å²) in [4.78, 5) is 30.3. The van der Waals surface area contributed by atoms with Crippen LogP contribution >= 0.6 is 0 Å². The zero-order chi connectivity index (χ0) is 15.3. The third kappa shape index (κ3) is 2.02. The van der Waals surface area contributed by atoms with Gasteiger partial charge >= 0.3 is 5.97 Å². The Morgan fingerprint density at radius 2 is 2.14 bits per heavy atom. The summed E-state index contributed by atoms with van der Waals surface area (Å²) in [7, 11) is 0. The number of pyridine rings is 1. The van der Waals surface area contributed by atoms with Crippen LogP contribution in [0.3, 0.4) is 0 Å². The third-order valence-corrected chi connectivity index (χ3v) is 5.64. The molecule has 0 bridgehead atoms. The first-order chi connectivity index (χ1) is 10.6. The predicted molar refractivity (Wildman–Crippen MR) is 79.1 cm³/mol. The standard InChI is InChI=1S/C17H20N2O3/c20-15(13-8-12(13)14-4-1-2-6-18-14)19-7-3-5-17(19)9-11(10-17)16(21)22/h1-2,4,6,11-13H,3,5,7-10H2,(H,21,22)/t11?,12-,13-,17?/m1/s1. The zero-order valence-corrected chi connectivity index (χ0v) is 12.4. The fourth-order valence-corrected chi connectivity index (χ4v) is 4.33. The van der Waals surface area contributed by atoms with E-state index < -0.39 is 5.97 Å². The van der Waals surface area contributed by atoms with Crippen molar-refractivity contribution in [2.75, 3.05) is 6.54 Å². The minimum atomic E-state index is -0.720. The monoisotopic (exact) mass is 300 g/mol. The fourth-order valence-electron chi connectivity index (χ4n) is 4.33. The zero-order valence-electron chi connectivity index (χ0n) is 12.4. The molecule has 2 atom stereocenters. The highest BCUT2D eigenvalue weighted by atomic mass is 16.4. The van der Waals surface area contributed by atoms with Crippen LogP contribution < -0.4 is 0 Å². The van der Waals surface area contributed by atoms with E-state index in [4.69, 9.17) is 5.11 Å². The Balaban J connectivity index is 1.45. The van der Waals surface area contributed by atoms with Crippen LogP contribution in [0.1, 0.15) is 43.7 Å². The molecule has 4 rings (SSSR count). The number of carbonyl (C=O) groups is 2. The van der Waals surface area contributed by atoms with E-state index in [-0.39, 0.29) is 29.2 Å². The lowest BCUT2D eigenvalue weighted by Gasteiger charge is -2.49. The smallest absolute Gasteiger partial charge is 0.306 e. The largest absolute Gasteiger partial charge is 0.481 e. The van der Waals surface area contributed by atoms with Crippen molar-refractivity contribution >= 4 is 11.9 Å². The van der Waals surface area contributed by atoms with Crippen molar-refractivity contribution in [3.63, 3.8) is 0 Å². The van der Waals surface area contributed by atoms with Gasteiger partial charge in [0.1, 0.15) is 0 Å². The Morgan fingerprint density at radius 3 is 2.82 bits per heavy atom. The van der Waals surface area contributed by atoms with E-state index in [2.05, 4.69) is 4.98 Å². The number of hydrogen-bond donors (Lipinski definition) is 1. The van der Waals surface area contributed by atoms with E-state index in [0.717, 1.165) is 31.5 Å². The van der Waals surface area contributed by atoms with E-state index in [0.29, 0.717) is 12.8 Å². The molecule has 22 heavy (non-hydrogen) atoms. The van der Waals surface area contributed by atoms with Gasteiger partial charge in [0.25, 0.3) is 0 Å². The van der Waals surface area contributed by atoms with Gasteiger partial charge in [-0.2, -0.15) is 0 Å². The van der Waals surface area contributed by atoms with Gasteiger partial charge in [-0.05, 0) is 44.2 Å². The highest BCUT2D eigenvalue weighted by molar-refractivity contribution is 5.84. The van der Waals surface area contributed by atoms with Gasteiger partial charge in [0.15, 0.2) is 0 Å². The Kier molecular flexibility index (Phi) is 2.99. The summed E-state index contributed by atoms with van der Waals surface area (Å²) in [5, 5.41) is 9.10. The Bertz CT molecular complexity index is 610. The van der Waals surface area contributed by atoms with Gasteiger partial charge in [0.2, 0.25) is 5.91 Å². The minimum Gasteiger partial charge on any atom is -0.481 e. The second-order valence-corrected chi connectivity index (χ2v) is 6.96. The summed E-state index contributed by atoms with van der Waals surface area (Å²) in [5.41, 5.74) is 0.850. The Hall–Kier alpha value is -1.91. The van der Waals surface area contributed by atoms with E-state index >= 15 is 0 Å². The van der Waals surface area contributed by atoms with Crippen molar-refractivity contribution in [3.8, 4) is 0 Å². The molecule has 3 fully saturated rings. The van der Waals surface area contributed by atoms with Crippen LogP contribution in [0.2, 0.25) is 0 Å². The molecule has 0 unspecified atom stereocenters. The molecule has 2 aliphatic carbocycles. The number of hydrogen-bond acceptors (Lipinski definition) is 3. The van der Waals surface area contributed by atoms with Crippen LogP contribution in [0, 0.1) is 11.8 Å². The topological polar surface area (TPSA) is 70.5 Å². The number of amides is 1. The third-order valence-electron chi connectivity index (χ3n) is 5.64. The van der Waals surface area contributed by atoms with E-state index in [9.17, 15) is 9.59 Å². The molecule has 1 saturated heterocycles. The van der Waals surface area contributed by atoms with Gasteiger partial charge in [-0.15, -0.1) is 0 Å². The number of carboxylic acids is 1. The van der Waals surface area contributed by atoms with Crippen molar-refractivity contribution in [1.82, 2.24) is 9.88 Å². The summed E-state index contributed by atoms with van der Waals surface area (Å²) in [6.45, 7) is 0.788. The second-order valence-electron chi connectivity index (χ2n) is 6.96. The molecule has 1 aromatic heterocycles. The normalized spacial score (nSPS) is 36.2. The van der Waals surface area contributed by atoms with E-state index in [1.165, 1.54) is 0 Å². The molecule has 1 aliphatic heterocycles. The highest BCUT2D eigenvalue weighted by Gasteiger charge is 2.58. The first-order valence-electron chi connectivity index (χ1n) is 8.06. The van der Waals surface area contributed by atoms with Crippen LogP contribution in [0.4, 0.5) is 0 Å². The molecule has 5 heteroatoms. The summed E-state index contributed by atoms with van der Waals surface area (Å²) in [6.07, 6.45) is 5.88. The van der Waals surface area contributed by atoms with E-state index in [1.807, 2.05) is 23.1 Å². The molecule has 5 nitrogen and oxygen atoms in total. The van der Waals surface area contributed by atoms with Gasteiger partial charge in [-0.25, -0.2) is 0 Å². The highest BCUT2D eigenvalue weighted by Crippen LogP contribution is 2.54. The van der Waals surface area contributed by atoms with E-state index in [1.54, 1.807) is 6.20 Å². The lowest BCUT2D eigenvalue weighted by atomic mass is 9.66. The van der Waals surface area contributed by atoms with Crippen LogP contribution in [0.15, 0.2) is 24.4 Å². The molecule has 1 spiro atoms. The summed E-state index contributed by atoms with van der Waals surface area (Å²) in [6, 6.07) is 5.84. The van der Waals surface area contributed by atoms with Crippen molar-refractivity contribution in [2.24, 2.45) is 11.8 Å². The van der Waals surface area contributed by atoms with Crippen molar-refractivity contribution in [3.05, 3.63) is 30.1 Å².